The van der Waals surface area contributed by atoms with E-state index in [-0.39, 0.29) is 0 Å². The molecular weight excluding hydrogens is 296 g/mol. The molecule has 2 heterocycles. The van der Waals surface area contributed by atoms with E-state index in [1.54, 1.807) is 18.0 Å². The van der Waals surface area contributed by atoms with Crippen molar-refractivity contribution in [3.63, 3.8) is 0 Å². The van der Waals surface area contributed by atoms with Gasteiger partial charge in [0.15, 0.2) is 5.16 Å². The molecule has 0 spiro atoms. The molecule has 1 N–H and O–H groups in total. The number of nitrogens with zero attached hydrogens (tertiary/aromatic N) is 5. The molecule has 0 aliphatic heterocycles. The van der Waals surface area contributed by atoms with Crippen molar-refractivity contribution in [2.24, 2.45) is 7.05 Å². The van der Waals surface area contributed by atoms with Crippen molar-refractivity contribution in [1.82, 2.24) is 29.9 Å². The number of hydrogen-bond acceptors (Lipinski definition) is 5. The standard InChI is InChI=1S/C15H18N6S/c1-16-10-14-18-19-15(20(14)2)22-11-12-6-3-4-7-13(12)21-9-5-8-17-21/h3-9,16H,10-11H2,1-2H3. The van der Waals surface area contributed by atoms with Crippen LogP contribution < -0.4 is 5.32 Å². The highest BCUT2D eigenvalue weighted by Crippen LogP contribution is 2.24. The number of rotatable bonds is 6. The van der Waals surface area contributed by atoms with Crippen molar-refractivity contribution in [3.8, 4) is 5.69 Å². The topological polar surface area (TPSA) is 60.6 Å². The summed E-state index contributed by atoms with van der Waals surface area (Å²) in [6, 6.07) is 10.2. The highest BCUT2D eigenvalue weighted by molar-refractivity contribution is 7.98. The van der Waals surface area contributed by atoms with Gasteiger partial charge in [-0.3, -0.25) is 0 Å². The number of thioether (sulfide) groups is 1. The zero-order valence-corrected chi connectivity index (χ0v) is 13.4. The van der Waals surface area contributed by atoms with E-state index < -0.39 is 0 Å². The quantitative estimate of drug-likeness (QED) is 0.705. The van der Waals surface area contributed by atoms with Crippen LogP contribution in [0, 0.1) is 0 Å². The van der Waals surface area contributed by atoms with Crippen molar-refractivity contribution in [2.45, 2.75) is 17.5 Å². The summed E-state index contributed by atoms with van der Waals surface area (Å²) in [5.41, 5.74) is 2.31. The van der Waals surface area contributed by atoms with E-state index >= 15 is 0 Å². The highest BCUT2D eigenvalue weighted by Gasteiger charge is 2.10. The van der Waals surface area contributed by atoms with Crippen LogP contribution in [0.1, 0.15) is 11.4 Å². The molecule has 0 aliphatic rings. The van der Waals surface area contributed by atoms with Gasteiger partial charge >= 0.3 is 0 Å². The maximum absolute atomic E-state index is 4.31. The van der Waals surface area contributed by atoms with Crippen LogP contribution in [0.4, 0.5) is 0 Å². The summed E-state index contributed by atoms with van der Waals surface area (Å²) in [6.45, 7) is 0.716. The van der Waals surface area contributed by atoms with Crippen molar-refractivity contribution in [3.05, 3.63) is 54.1 Å². The minimum absolute atomic E-state index is 0.716. The molecule has 0 amide bonds. The molecule has 0 aliphatic carbocycles. The van der Waals surface area contributed by atoms with E-state index in [9.17, 15) is 0 Å². The van der Waals surface area contributed by atoms with Crippen molar-refractivity contribution < 1.29 is 0 Å². The molecule has 7 heteroatoms. The lowest BCUT2D eigenvalue weighted by molar-refractivity contribution is 0.682. The summed E-state index contributed by atoms with van der Waals surface area (Å²) < 4.78 is 3.91. The first-order valence-electron chi connectivity index (χ1n) is 7.03. The summed E-state index contributed by atoms with van der Waals surface area (Å²) in [4.78, 5) is 0. The minimum atomic E-state index is 0.716. The fourth-order valence-electron chi connectivity index (χ4n) is 2.19. The predicted octanol–water partition coefficient (Wildman–Crippen LogP) is 2.01. The minimum Gasteiger partial charge on any atom is -0.313 e. The number of benzene rings is 1. The zero-order chi connectivity index (χ0) is 15.4. The molecule has 2 aromatic heterocycles. The molecule has 3 rings (SSSR count). The van der Waals surface area contributed by atoms with Crippen LogP contribution in [-0.4, -0.2) is 31.6 Å². The van der Waals surface area contributed by atoms with Crippen molar-refractivity contribution in [2.75, 3.05) is 7.05 Å². The molecule has 0 saturated carbocycles. The summed E-state index contributed by atoms with van der Waals surface area (Å²) >= 11 is 1.68. The first kappa shape index (κ1) is 14.8. The largest absolute Gasteiger partial charge is 0.313 e. The summed E-state index contributed by atoms with van der Waals surface area (Å²) in [6.07, 6.45) is 3.74. The van der Waals surface area contributed by atoms with Crippen LogP contribution in [0.2, 0.25) is 0 Å². The maximum Gasteiger partial charge on any atom is 0.191 e. The second-order valence-corrected chi connectivity index (χ2v) is 5.80. The molecule has 0 radical (unpaired) electrons. The van der Waals surface area contributed by atoms with Gasteiger partial charge in [-0.25, -0.2) is 4.68 Å². The molecule has 0 fully saturated rings. The van der Waals surface area contributed by atoms with Gasteiger partial charge < -0.3 is 9.88 Å². The number of aromatic nitrogens is 5. The van der Waals surface area contributed by atoms with Crippen LogP contribution in [-0.2, 0) is 19.3 Å². The Hall–Kier alpha value is -2.12. The van der Waals surface area contributed by atoms with Gasteiger partial charge in [0, 0.05) is 25.2 Å². The molecule has 0 atom stereocenters. The lowest BCUT2D eigenvalue weighted by Crippen LogP contribution is -2.10. The summed E-state index contributed by atoms with van der Waals surface area (Å²) in [5.74, 6) is 1.76. The lowest BCUT2D eigenvalue weighted by atomic mass is 10.2. The number of hydrogen-bond donors (Lipinski definition) is 1. The third-order valence-corrected chi connectivity index (χ3v) is 4.43. The van der Waals surface area contributed by atoms with E-state index in [2.05, 4.69) is 32.7 Å². The Morgan fingerprint density at radius 3 is 2.82 bits per heavy atom. The monoisotopic (exact) mass is 314 g/mol. The number of nitrogens with one attached hydrogen (secondary N) is 1. The Labute approximate surface area is 133 Å². The lowest BCUT2D eigenvalue weighted by Gasteiger charge is -2.09. The fourth-order valence-corrected chi connectivity index (χ4v) is 3.12. The Morgan fingerprint density at radius 2 is 2.05 bits per heavy atom. The Morgan fingerprint density at radius 1 is 1.18 bits per heavy atom. The zero-order valence-electron chi connectivity index (χ0n) is 12.6. The molecule has 1 aromatic carbocycles. The maximum atomic E-state index is 4.31. The van der Waals surface area contributed by atoms with Gasteiger partial charge in [-0.15, -0.1) is 10.2 Å². The fraction of sp³-hybridized carbons (Fsp3) is 0.267. The first-order valence-corrected chi connectivity index (χ1v) is 8.01. The molecule has 0 unspecified atom stereocenters. The van der Waals surface area contributed by atoms with Gasteiger partial charge in [0.1, 0.15) is 5.82 Å². The van der Waals surface area contributed by atoms with Gasteiger partial charge in [-0.2, -0.15) is 5.10 Å². The molecule has 0 saturated heterocycles. The molecular formula is C15H18N6S. The van der Waals surface area contributed by atoms with Crippen LogP contribution >= 0.6 is 11.8 Å². The van der Waals surface area contributed by atoms with Crippen LogP contribution in [0.15, 0.2) is 47.9 Å². The number of para-hydroxylation sites is 1. The van der Waals surface area contributed by atoms with E-state index in [1.807, 2.05) is 47.7 Å². The molecule has 0 bridgehead atoms. The average Bonchev–Trinajstić information content (AvgIpc) is 3.18. The van der Waals surface area contributed by atoms with Crippen molar-refractivity contribution >= 4 is 11.8 Å². The first-order chi connectivity index (χ1) is 10.8. The van der Waals surface area contributed by atoms with Gasteiger partial charge in [0.2, 0.25) is 0 Å². The van der Waals surface area contributed by atoms with Crippen LogP contribution in [0.25, 0.3) is 5.69 Å². The van der Waals surface area contributed by atoms with E-state index in [0.29, 0.717) is 6.54 Å². The normalized spacial score (nSPS) is 11.0. The summed E-state index contributed by atoms with van der Waals surface area (Å²) in [5, 5.41) is 16.8. The average molecular weight is 314 g/mol. The Balaban J connectivity index is 1.77. The summed E-state index contributed by atoms with van der Waals surface area (Å²) in [7, 11) is 3.90. The smallest absolute Gasteiger partial charge is 0.191 e. The van der Waals surface area contributed by atoms with Gasteiger partial charge in [0.05, 0.1) is 12.2 Å². The van der Waals surface area contributed by atoms with Gasteiger partial charge in [-0.1, -0.05) is 30.0 Å². The molecule has 22 heavy (non-hydrogen) atoms. The van der Waals surface area contributed by atoms with Crippen LogP contribution in [0.5, 0.6) is 0 Å². The van der Waals surface area contributed by atoms with Crippen molar-refractivity contribution in [1.29, 1.82) is 0 Å². The van der Waals surface area contributed by atoms with E-state index in [0.717, 1.165) is 22.4 Å². The van der Waals surface area contributed by atoms with Gasteiger partial charge in [0.25, 0.3) is 0 Å². The Bertz CT molecular complexity index is 734. The SMILES string of the molecule is CNCc1nnc(SCc2ccccc2-n2cccn2)n1C. The van der Waals surface area contributed by atoms with E-state index in [4.69, 9.17) is 0 Å². The van der Waals surface area contributed by atoms with E-state index in [1.165, 1.54) is 5.56 Å². The molecule has 6 nitrogen and oxygen atoms in total. The van der Waals surface area contributed by atoms with Crippen LogP contribution in [0.3, 0.4) is 0 Å². The van der Waals surface area contributed by atoms with Gasteiger partial charge in [-0.05, 0) is 24.7 Å². The highest BCUT2D eigenvalue weighted by atomic mass is 32.2. The third kappa shape index (κ3) is 3.05. The molecule has 3 aromatic rings. The Kier molecular flexibility index (Phi) is 4.55. The second-order valence-electron chi connectivity index (χ2n) is 4.86. The molecule has 114 valence electrons. The predicted molar refractivity (Wildman–Crippen MR) is 86.9 cm³/mol. The third-order valence-electron chi connectivity index (χ3n) is 3.36. The second kappa shape index (κ2) is 6.76.